The molecule has 1 aliphatic carbocycles. The van der Waals surface area contributed by atoms with E-state index >= 15 is 0 Å². The van der Waals surface area contributed by atoms with E-state index in [4.69, 9.17) is 4.74 Å². The highest BCUT2D eigenvalue weighted by atomic mass is 16.5. The number of nitrogens with one attached hydrogen (secondary N) is 1. The van der Waals surface area contributed by atoms with E-state index < -0.39 is 0 Å². The summed E-state index contributed by atoms with van der Waals surface area (Å²) < 4.78 is 5.17. The molecule has 1 atom stereocenters. The van der Waals surface area contributed by atoms with Crippen LogP contribution in [0.1, 0.15) is 40.0 Å². The summed E-state index contributed by atoms with van der Waals surface area (Å²) in [6.45, 7) is 8.75. The zero-order valence-corrected chi connectivity index (χ0v) is 10.2. The van der Waals surface area contributed by atoms with Crippen LogP contribution in [0.2, 0.25) is 0 Å². The van der Waals surface area contributed by atoms with Gasteiger partial charge in [0.2, 0.25) is 0 Å². The molecule has 86 valence electrons. The van der Waals surface area contributed by atoms with E-state index in [2.05, 4.69) is 32.2 Å². The van der Waals surface area contributed by atoms with E-state index in [-0.39, 0.29) is 0 Å². The zero-order valence-electron chi connectivity index (χ0n) is 10.2. The molecular formula is C13H23NO. The molecule has 15 heavy (non-hydrogen) atoms. The van der Waals surface area contributed by atoms with Crippen molar-refractivity contribution in [2.45, 2.75) is 52.1 Å². The fraction of sp³-hybridized carbons (Fsp3) is 0.846. The maximum Gasteiger partial charge on any atom is 0.0643 e. The van der Waals surface area contributed by atoms with Gasteiger partial charge in [0.15, 0.2) is 0 Å². The lowest BCUT2D eigenvalue weighted by molar-refractivity contribution is -0.0105. The van der Waals surface area contributed by atoms with Gasteiger partial charge in [-0.25, -0.2) is 0 Å². The van der Waals surface area contributed by atoms with Crippen LogP contribution in [0.15, 0.2) is 11.6 Å². The molecule has 2 aliphatic rings. The van der Waals surface area contributed by atoms with Crippen molar-refractivity contribution >= 4 is 0 Å². The summed E-state index contributed by atoms with van der Waals surface area (Å²) >= 11 is 0. The van der Waals surface area contributed by atoms with Gasteiger partial charge in [-0.3, -0.25) is 0 Å². The molecule has 2 nitrogen and oxygen atoms in total. The summed E-state index contributed by atoms with van der Waals surface area (Å²) in [5, 5.41) is 3.66. The van der Waals surface area contributed by atoms with Gasteiger partial charge in [0, 0.05) is 6.04 Å². The monoisotopic (exact) mass is 209 g/mol. The summed E-state index contributed by atoms with van der Waals surface area (Å²) in [6.07, 6.45) is 6.19. The zero-order chi connectivity index (χ0) is 10.9. The summed E-state index contributed by atoms with van der Waals surface area (Å²) in [4.78, 5) is 0. The van der Waals surface area contributed by atoms with Gasteiger partial charge >= 0.3 is 0 Å². The van der Waals surface area contributed by atoms with Gasteiger partial charge in [0.05, 0.1) is 19.3 Å². The Bertz CT molecular complexity index is 248. The number of ether oxygens (including phenoxy) is 1. The molecular weight excluding hydrogens is 186 g/mol. The fourth-order valence-corrected chi connectivity index (χ4v) is 2.33. The molecule has 1 fully saturated rings. The Hall–Kier alpha value is -0.340. The Morgan fingerprint density at radius 3 is 2.40 bits per heavy atom. The number of hydrogen-bond donors (Lipinski definition) is 1. The molecule has 0 aromatic heterocycles. The highest BCUT2D eigenvalue weighted by Gasteiger charge is 2.26. The van der Waals surface area contributed by atoms with Gasteiger partial charge in [-0.2, -0.15) is 0 Å². The molecule has 1 N–H and O–H groups in total. The largest absolute Gasteiger partial charge is 0.378 e. The average Bonchev–Trinajstić information content (AvgIpc) is 2.11. The first kappa shape index (κ1) is 11.2. The molecule has 0 aromatic rings. The fourth-order valence-electron chi connectivity index (χ4n) is 2.33. The molecule has 0 bridgehead atoms. The predicted molar refractivity (Wildman–Crippen MR) is 62.9 cm³/mol. The Morgan fingerprint density at radius 1 is 1.27 bits per heavy atom. The number of hydrogen-bond acceptors (Lipinski definition) is 2. The maximum atomic E-state index is 5.17. The molecule has 0 amide bonds. The topological polar surface area (TPSA) is 21.3 Å². The van der Waals surface area contributed by atoms with Crippen molar-refractivity contribution in [1.82, 2.24) is 5.32 Å². The molecule has 0 unspecified atom stereocenters. The van der Waals surface area contributed by atoms with E-state index in [1.165, 1.54) is 19.3 Å². The quantitative estimate of drug-likeness (QED) is 0.706. The lowest BCUT2D eigenvalue weighted by atomic mass is 9.79. The highest BCUT2D eigenvalue weighted by molar-refractivity contribution is 5.15. The van der Waals surface area contributed by atoms with Crippen molar-refractivity contribution in [3.63, 3.8) is 0 Å². The second-order valence-electron chi connectivity index (χ2n) is 5.85. The molecule has 1 saturated heterocycles. The van der Waals surface area contributed by atoms with E-state index in [1.54, 1.807) is 5.57 Å². The van der Waals surface area contributed by atoms with Crippen LogP contribution in [-0.2, 0) is 4.74 Å². The second kappa shape index (κ2) is 4.26. The first-order valence-electron chi connectivity index (χ1n) is 6.09. The lowest BCUT2D eigenvalue weighted by Gasteiger charge is -2.35. The molecule has 2 rings (SSSR count). The van der Waals surface area contributed by atoms with Gasteiger partial charge in [0.25, 0.3) is 0 Å². The maximum absolute atomic E-state index is 5.17. The minimum absolute atomic E-state index is 0.366. The minimum Gasteiger partial charge on any atom is -0.378 e. The third kappa shape index (κ3) is 2.82. The molecule has 0 aromatic carbocycles. The van der Waals surface area contributed by atoms with Crippen molar-refractivity contribution < 1.29 is 4.74 Å². The molecule has 0 radical (unpaired) electrons. The standard InChI is InChI=1S/C13H23NO/c1-13(2,3)10-4-6-11(7-5-10)14-12-8-15-9-12/h4,11-12,14H,5-9H2,1-3H3/t11-/m0/s1. The number of rotatable bonds is 2. The van der Waals surface area contributed by atoms with Crippen molar-refractivity contribution in [2.75, 3.05) is 13.2 Å². The highest BCUT2D eigenvalue weighted by Crippen LogP contribution is 2.33. The van der Waals surface area contributed by atoms with Gasteiger partial charge < -0.3 is 10.1 Å². The Kier molecular flexibility index (Phi) is 3.17. The third-order valence-electron chi connectivity index (χ3n) is 3.48. The smallest absolute Gasteiger partial charge is 0.0643 e. The van der Waals surface area contributed by atoms with Crippen LogP contribution in [0.4, 0.5) is 0 Å². The average molecular weight is 209 g/mol. The molecule has 0 spiro atoms. The summed E-state index contributed by atoms with van der Waals surface area (Å²) in [5.41, 5.74) is 2.00. The molecule has 1 aliphatic heterocycles. The van der Waals surface area contributed by atoms with Gasteiger partial charge in [0.1, 0.15) is 0 Å². The SMILES string of the molecule is CC(C)(C)C1=CC[C@H](NC2COC2)CC1. The number of allylic oxidation sites excluding steroid dienone is 1. The van der Waals surface area contributed by atoms with Crippen molar-refractivity contribution in [3.8, 4) is 0 Å². The van der Waals surface area contributed by atoms with Crippen LogP contribution in [0.25, 0.3) is 0 Å². The normalized spacial score (nSPS) is 28.5. The molecule has 1 heterocycles. The summed E-state index contributed by atoms with van der Waals surface area (Å²) in [5.74, 6) is 0. The summed E-state index contributed by atoms with van der Waals surface area (Å²) in [7, 11) is 0. The minimum atomic E-state index is 0.366. The lowest BCUT2D eigenvalue weighted by Crippen LogP contribution is -2.50. The Balaban J connectivity index is 1.82. The van der Waals surface area contributed by atoms with E-state index in [0.29, 0.717) is 17.5 Å². The summed E-state index contributed by atoms with van der Waals surface area (Å²) in [6, 6.07) is 1.31. The van der Waals surface area contributed by atoms with Crippen molar-refractivity contribution in [2.24, 2.45) is 5.41 Å². The van der Waals surface area contributed by atoms with Crippen molar-refractivity contribution in [3.05, 3.63) is 11.6 Å². The first-order valence-corrected chi connectivity index (χ1v) is 6.09. The Labute approximate surface area is 93.1 Å². The third-order valence-corrected chi connectivity index (χ3v) is 3.48. The van der Waals surface area contributed by atoms with E-state index in [0.717, 1.165) is 13.2 Å². The van der Waals surface area contributed by atoms with Gasteiger partial charge in [-0.15, -0.1) is 0 Å². The Morgan fingerprint density at radius 2 is 2.00 bits per heavy atom. The van der Waals surface area contributed by atoms with Crippen LogP contribution in [-0.4, -0.2) is 25.3 Å². The molecule has 0 saturated carbocycles. The molecule has 2 heteroatoms. The second-order valence-corrected chi connectivity index (χ2v) is 5.85. The van der Waals surface area contributed by atoms with Gasteiger partial charge in [-0.1, -0.05) is 32.4 Å². The van der Waals surface area contributed by atoms with Crippen LogP contribution < -0.4 is 5.32 Å². The van der Waals surface area contributed by atoms with Crippen LogP contribution in [0, 0.1) is 5.41 Å². The van der Waals surface area contributed by atoms with Gasteiger partial charge in [-0.05, 0) is 24.7 Å². The first-order chi connectivity index (χ1) is 7.05. The van der Waals surface area contributed by atoms with Crippen LogP contribution >= 0.6 is 0 Å². The van der Waals surface area contributed by atoms with E-state index in [1.807, 2.05) is 0 Å². The van der Waals surface area contributed by atoms with Crippen LogP contribution in [0.3, 0.4) is 0 Å². The van der Waals surface area contributed by atoms with Crippen molar-refractivity contribution in [1.29, 1.82) is 0 Å². The predicted octanol–water partition coefficient (Wildman–Crippen LogP) is 2.50. The van der Waals surface area contributed by atoms with E-state index in [9.17, 15) is 0 Å². The van der Waals surface area contributed by atoms with Crippen LogP contribution in [0.5, 0.6) is 0 Å².